The van der Waals surface area contributed by atoms with E-state index in [0.717, 1.165) is 32.6 Å². The number of carbonyl (C=O) groups is 1. The van der Waals surface area contributed by atoms with Gasteiger partial charge in [-0.3, -0.25) is 4.79 Å². The predicted molar refractivity (Wildman–Crippen MR) is 86.3 cm³/mol. The molecule has 1 aromatic rings. The van der Waals surface area contributed by atoms with Crippen molar-refractivity contribution in [3.05, 3.63) is 59.8 Å². The lowest BCUT2D eigenvalue weighted by molar-refractivity contribution is -0.130. The third-order valence-corrected chi connectivity index (χ3v) is 4.53. The molecule has 0 aliphatic carbocycles. The lowest BCUT2D eigenvalue weighted by Gasteiger charge is -2.39. The minimum atomic E-state index is 0.0283. The zero-order chi connectivity index (χ0) is 15.5. The van der Waals surface area contributed by atoms with Crippen LogP contribution in [0.3, 0.4) is 0 Å². The number of hydrogen-bond donors (Lipinski definition) is 1. The molecule has 116 valence electrons. The van der Waals surface area contributed by atoms with E-state index in [2.05, 4.69) is 29.7 Å². The molecule has 4 heteroatoms. The molecule has 2 aliphatic heterocycles. The Morgan fingerprint density at radius 3 is 2.91 bits per heavy atom. The standard InChI is InChI=1S/C18H22N2O2/c1-2-18(22)20-12-17(13-20)14-4-5-16-11-19(7-3-9-21)8-6-15(16)10-14/h2-5,7,10,17,21H,1,6,8-9,11-13H2/b7-3+. The van der Waals surface area contributed by atoms with Crippen LogP contribution in [0.15, 0.2) is 43.1 Å². The number of amides is 1. The summed E-state index contributed by atoms with van der Waals surface area (Å²) in [4.78, 5) is 15.6. The Hall–Kier alpha value is -2.07. The van der Waals surface area contributed by atoms with Crippen LogP contribution in [-0.4, -0.2) is 47.1 Å². The van der Waals surface area contributed by atoms with Crippen molar-refractivity contribution in [3.63, 3.8) is 0 Å². The largest absolute Gasteiger partial charge is 0.392 e. The molecule has 1 N–H and O–H groups in total. The van der Waals surface area contributed by atoms with E-state index in [1.165, 1.54) is 22.8 Å². The van der Waals surface area contributed by atoms with Crippen LogP contribution in [0.25, 0.3) is 0 Å². The molecule has 0 radical (unpaired) electrons. The predicted octanol–water partition coefficient (Wildman–Crippen LogP) is 1.66. The number of rotatable bonds is 4. The van der Waals surface area contributed by atoms with Gasteiger partial charge in [-0.25, -0.2) is 0 Å². The van der Waals surface area contributed by atoms with Crippen molar-refractivity contribution in [1.29, 1.82) is 0 Å². The number of hydrogen-bond acceptors (Lipinski definition) is 3. The summed E-state index contributed by atoms with van der Waals surface area (Å²) < 4.78 is 0. The SMILES string of the molecule is C=CC(=O)N1CC(c2ccc3c(c2)CCN(/C=C/CO)C3)C1. The third-order valence-electron chi connectivity index (χ3n) is 4.53. The first kappa shape index (κ1) is 14.9. The van der Waals surface area contributed by atoms with E-state index in [9.17, 15) is 4.79 Å². The molecule has 3 rings (SSSR count). The van der Waals surface area contributed by atoms with Gasteiger partial charge in [0.2, 0.25) is 5.91 Å². The van der Waals surface area contributed by atoms with Crippen molar-refractivity contribution in [3.8, 4) is 0 Å². The molecule has 2 heterocycles. The van der Waals surface area contributed by atoms with Gasteiger partial charge in [-0.05, 0) is 41.5 Å². The average Bonchev–Trinajstić information content (AvgIpc) is 2.51. The molecular weight excluding hydrogens is 276 g/mol. The van der Waals surface area contributed by atoms with Gasteiger partial charge >= 0.3 is 0 Å². The van der Waals surface area contributed by atoms with Gasteiger partial charge in [0, 0.05) is 32.1 Å². The van der Waals surface area contributed by atoms with Crippen LogP contribution in [0.5, 0.6) is 0 Å². The lowest BCUT2D eigenvalue weighted by atomic mass is 9.87. The number of carbonyl (C=O) groups excluding carboxylic acids is 1. The van der Waals surface area contributed by atoms with E-state index in [-0.39, 0.29) is 12.5 Å². The van der Waals surface area contributed by atoms with Gasteiger partial charge in [0.1, 0.15) is 0 Å². The fourth-order valence-corrected chi connectivity index (χ4v) is 3.17. The van der Waals surface area contributed by atoms with Gasteiger partial charge in [0.25, 0.3) is 0 Å². The number of aliphatic hydroxyl groups excluding tert-OH is 1. The Kier molecular flexibility index (Phi) is 4.29. The monoisotopic (exact) mass is 298 g/mol. The van der Waals surface area contributed by atoms with Crippen LogP contribution in [0.4, 0.5) is 0 Å². The first-order chi connectivity index (χ1) is 10.7. The van der Waals surface area contributed by atoms with Crippen molar-refractivity contribution in [2.45, 2.75) is 18.9 Å². The summed E-state index contributed by atoms with van der Waals surface area (Å²) in [5.41, 5.74) is 4.11. The van der Waals surface area contributed by atoms with Gasteiger partial charge in [-0.1, -0.05) is 24.8 Å². The maximum absolute atomic E-state index is 11.5. The van der Waals surface area contributed by atoms with Crippen LogP contribution in [0, 0.1) is 0 Å². The first-order valence-electron chi connectivity index (χ1n) is 7.76. The van der Waals surface area contributed by atoms with Crippen molar-refractivity contribution < 1.29 is 9.90 Å². The van der Waals surface area contributed by atoms with E-state index < -0.39 is 0 Å². The van der Waals surface area contributed by atoms with Crippen LogP contribution in [-0.2, 0) is 17.8 Å². The van der Waals surface area contributed by atoms with Gasteiger partial charge in [-0.2, -0.15) is 0 Å². The molecule has 2 aliphatic rings. The second-order valence-corrected chi connectivity index (χ2v) is 5.96. The fraction of sp³-hybridized carbons (Fsp3) is 0.389. The molecule has 0 spiro atoms. The summed E-state index contributed by atoms with van der Waals surface area (Å²) in [7, 11) is 0. The highest BCUT2D eigenvalue weighted by molar-refractivity contribution is 5.87. The van der Waals surface area contributed by atoms with E-state index in [0.29, 0.717) is 5.92 Å². The summed E-state index contributed by atoms with van der Waals surface area (Å²) in [6.07, 6.45) is 6.17. The quantitative estimate of drug-likeness (QED) is 0.860. The third kappa shape index (κ3) is 2.92. The highest BCUT2D eigenvalue weighted by Gasteiger charge is 2.30. The molecular formula is C18H22N2O2. The smallest absolute Gasteiger partial charge is 0.245 e. The zero-order valence-electron chi connectivity index (χ0n) is 12.7. The minimum Gasteiger partial charge on any atom is -0.392 e. The van der Waals surface area contributed by atoms with Gasteiger partial charge in [-0.15, -0.1) is 0 Å². The topological polar surface area (TPSA) is 43.8 Å². The summed E-state index contributed by atoms with van der Waals surface area (Å²) in [6, 6.07) is 6.71. The van der Waals surface area contributed by atoms with Crippen molar-refractivity contribution in [2.24, 2.45) is 0 Å². The van der Waals surface area contributed by atoms with Crippen molar-refractivity contribution in [2.75, 3.05) is 26.2 Å². The lowest BCUT2D eigenvalue weighted by Crippen LogP contribution is -2.47. The molecule has 0 atom stereocenters. The highest BCUT2D eigenvalue weighted by atomic mass is 16.2. The molecule has 1 aromatic carbocycles. The van der Waals surface area contributed by atoms with E-state index in [4.69, 9.17) is 5.11 Å². The Labute approximate surface area is 131 Å². The molecule has 1 fully saturated rings. The highest BCUT2D eigenvalue weighted by Crippen LogP contribution is 2.30. The van der Waals surface area contributed by atoms with Crippen molar-refractivity contribution in [1.82, 2.24) is 9.80 Å². The number of benzene rings is 1. The Morgan fingerprint density at radius 1 is 1.36 bits per heavy atom. The maximum Gasteiger partial charge on any atom is 0.245 e. The summed E-state index contributed by atoms with van der Waals surface area (Å²) in [5, 5.41) is 8.85. The maximum atomic E-state index is 11.5. The molecule has 4 nitrogen and oxygen atoms in total. The number of aliphatic hydroxyl groups is 1. The minimum absolute atomic E-state index is 0.0283. The average molecular weight is 298 g/mol. The second-order valence-electron chi connectivity index (χ2n) is 5.96. The van der Waals surface area contributed by atoms with Gasteiger partial charge in [0.05, 0.1) is 6.61 Å². The molecule has 0 aromatic heterocycles. The number of likely N-dealkylation sites (tertiary alicyclic amines) is 1. The molecule has 0 unspecified atom stereocenters. The molecule has 0 saturated carbocycles. The van der Waals surface area contributed by atoms with Crippen molar-refractivity contribution >= 4 is 5.91 Å². The van der Waals surface area contributed by atoms with Crippen LogP contribution >= 0.6 is 0 Å². The van der Waals surface area contributed by atoms with E-state index >= 15 is 0 Å². The Morgan fingerprint density at radius 2 is 2.18 bits per heavy atom. The second kappa shape index (κ2) is 6.36. The normalized spacial score (nSPS) is 18.2. The molecule has 1 amide bonds. The van der Waals surface area contributed by atoms with Gasteiger partial charge < -0.3 is 14.9 Å². The Balaban J connectivity index is 1.65. The molecule has 0 bridgehead atoms. The van der Waals surface area contributed by atoms with E-state index in [1.54, 1.807) is 6.08 Å². The zero-order valence-corrected chi connectivity index (χ0v) is 12.7. The van der Waals surface area contributed by atoms with Crippen LogP contribution in [0.2, 0.25) is 0 Å². The molecule has 22 heavy (non-hydrogen) atoms. The van der Waals surface area contributed by atoms with Crippen LogP contribution in [0.1, 0.15) is 22.6 Å². The molecule has 1 saturated heterocycles. The Bertz CT molecular complexity index is 603. The summed E-state index contributed by atoms with van der Waals surface area (Å²) in [6.45, 7) is 7.10. The van der Waals surface area contributed by atoms with Crippen LogP contribution < -0.4 is 0 Å². The first-order valence-corrected chi connectivity index (χ1v) is 7.76. The van der Waals surface area contributed by atoms with E-state index in [1.807, 2.05) is 11.1 Å². The number of nitrogens with zero attached hydrogens (tertiary/aromatic N) is 2. The summed E-state index contributed by atoms with van der Waals surface area (Å²) in [5.74, 6) is 0.488. The number of fused-ring (bicyclic) bond motifs is 1. The van der Waals surface area contributed by atoms with Gasteiger partial charge in [0.15, 0.2) is 0 Å². The fourth-order valence-electron chi connectivity index (χ4n) is 3.17. The summed E-state index contributed by atoms with van der Waals surface area (Å²) >= 11 is 0.